The van der Waals surface area contributed by atoms with Crippen LogP contribution in [0.4, 0.5) is 0 Å². The summed E-state index contributed by atoms with van der Waals surface area (Å²) in [5, 5.41) is 0. The van der Waals surface area contributed by atoms with Gasteiger partial charge in [0.15, 0.2) is 0 Å². The molecule has 3 nitrogen and oxygen atoms in total. The summed E-state index contributed by atoms with van der Waals surface area (Å²) in [7, 11) is 1.70. The Bertz CT molecular complexity index is 629. The minimum absolute atomic E-state index is 0.374. The fraction of sp³-hybridized carbons (Fsp3) is 0.389. The molecule has 0 amide bonds. The van der Waals surface area contributed by atoms with Gasteiger partial charge in [-0.15, -0.1) is 0 Å². The van der Waals surface area contributed by atoms with E-state index in [9.17, 15) is 0 Å². The third-order valence-electron chi connectivity index (χ3n) is 4.47. The molecule has 4 heteroatoms. The van der Waals surface area contributed by atoms with Crippen molar-refractivity contribution in [3.63, 3.8) is 0 Å². The number of likely N-dealkylation sites (tertiary alicyclic amines) is 1. The number of halogens is 1. The third-order valence-corrected chi connectivity index (χ3v) is 4.97. The van der Waals surface area contributed by atoms with E-state index in [0.29, 0.717) is 12.1 Å². The zero-order chi connectivity index (χ0) is 15.5. The standard InChI is InChI=1S/C18H21BrN2O/c1-13(14-5-7-16(22-2)8-6-14)21-11-3-4-18(21)17-12-15(19)9-10-20-17/h5-10,12-13,18H,3-4,11H2,1-2H3/t13?,18-/m0/s1. The number of methoxy groups -OCH3 is 1. The first kappa shape index (κ1) is 15.5. The highest BCUT2D eigenvalue weighted by Gasteiger charge is 2.31. The minimum atomic E-state index is 0.374. The second kappa shape index (κ2) is 6.80. The second-order valence-electron chi connectivity index (χ2n) is 5.74. The van der Waals surface area contributed by atoms with Gasteiger partial charge in [-0.05, 0) is 56.1 Å². The normalized spacial score (nSPS) is 20.0. The molecule has 1 aliphatic rings. The Hall–Kier alpha value is -1.39. The lowest BCUT2D eigenvalue weighted by Crippen LogP contribution is -2.27. The van der Waals surface area contributed by atoms with E-state index < -0.39 is 0 Å². The number of ether oxygens (including phenoxy) is 1. The fourth-order valence-electron chi connectivity index (χ4n) is 3.25. The summed E-state index contributed by atoms with van der Waals surface area (Å²) in [6.07, 6.45) is 4.28. The molecular formula is C18H21BrN2O. The predicted molar refractivity (Wildman–Crippen MR) is 92.0 cm³/mol. The van der Waals surface area contributed by atoms with E-state index in [1.807, 2.05) is 24.4 Å². The fourth-order valence-corrected chi connectivity index (χ4v) is 3.60. The highest BCUT2D eigenvalue weighted by molar-refractivity contribution is 9.10. The first-order chi connectivity index (χ1) is 10.7. The molecule has 0 N–H and O–H groups in total. The Labute approximate surface area is 140 Å². The van der Waals surface area contributed by atoms with Crippen LogP contribution in [0, 0.1) is 0 Å². The monoisotopic (exact) mass is 360 g/mol. The summed E-state index contributed by atoms with van der Waals surface area (Å²) < 4.78 is 6.35. The number of aromatic nitrogens is 1. The topological polar surface area (TPSA) is 25.4 Å². The zero-order valence-electron chi connectivity index (χ0n) is 13.0. The first-order valence-electron chi connectivity index (χ1n) is 7.70. The van der Waals surface area contributed by atoms with Crippen LogP contribution < -0.4 is 4.74 Å². The molecule has 2 aromatic rings. The number of benzene rings is 1. The first-order valence-corrected chi connectivity index (χ1v) is 8.49. The molecule has 0 aliphatic carbocycles. The molecule has 1 unspecified atom stereocenters. The molecule has 1 aromatic carbocycles. The summed E-state index contributed by atoms with van der Waals surface area (Å²) in [6.45, 7) is 3.39. The van der Waals surface area contributed by atoms with E-state index in [1.54, 1.807) is 7.11 Å². The number of nitrogens with zero attached hydrogens (tertiary/aromatic N) is 2. The number of pyridine rings is 1. The highest BCUT2D eigenvalue weighted by Crippen LogP contribution is 2.38. The SMILES string of the molecule is COc1ccc(C(C)N2CCC[C@H]2c2cc(Br)ccn2)cc1. The Morgan fingerprint density at radius 1 is 1.27 bits per heavy atom. The summed E-state index contributed by atoms with van der Waals surface area (Å²) in [4.78, 5) is 7.14. The van der Waals surface area contributed by atoms with Gasteiger partial charge in [-0.25, -0.2) is 0 Å². The predicted octanol–water partition coefficient (Wildman–Crippen LogP) is 4.75. The average Bonchev–Trinajstić information content (AvgIpc) is 3.04. The number of hydrogen-bond donors (Lipinski definition) is 0. The maximum atomic E-state index is 5.25. The van der Waals surface area contributed by atoms with Gasteiger partial charge in [0.1, 0.15) is 5.75 Å². The van der Waals surface area contributed by atoms with Crippen molar-refractivity contribution in [2.24, 2.45) is 0 Å². The lowest BCUT2D eigenvalue weighted by Gasteiger charge is -2.30. The number of rotatable bonds is 4. The van der Waals surface area contributed by atoms with Crippen LogP contribution >= 0.6 is 15.9 Å². The molecule has 2 heterocycles. The van der Waals surface area contributed by atoms with Crippen LogP contribution in [0.3, 0.4) is 0 Å². The molecular weight excluding hydrogens is 340 g/mol. The largest absolute Gasteiger partial charge is 0.497 e. The van der Waals surface area contributed by atoms with Crippen molar-refractivity contribution < 1.29 is 4.74 Å². The molecule has 3 rings (SSSR count). The van der Waals surface area contributed by atoms with Gasteiger partial charge in [0.2, 0.25) is 0 Å². The Balaban J connectivity index is 1.82. The summed E-state index contributed by atoms with van der Waals surface area (Å²) >= 11 is 3.55. The van der Waals surface area contributed by atoms with Crippen molar-refractivity contribution in [3.05, 3.63) is 58.3 Å². The van der Waals surface area contributed by atoms with Crippen LogP contribution in [-0.2, 0) is 0 Å². The van der Waals surface area contributed by atoms with Gasteiger partial charge in [0, 0.05) is 16.7 Å². The van der Waals surface area contributed by atoms with Gasteiger partial charge in [-0.2, -0.15) is 0 Å². The van der Waals surface area contributed by atoms with Crippen molar-refractivity contribution in [2.45, 2.75) is 31.8 Å². The molecule has 1 fully saturated rings. The Morgan fingerprint density at radius 2 is 2.05 bits per heavy atom. The van der Waals surface area contributed by atoms with Crippen LogP contribution in [0.2, 0.25) is 0 Å². The van der Waals surface area contributed by atoms with Crippen LogP contribution in [0.25, 0.3) is 0 Å². The molecule has 1 aliphatic heterocycles. The molecule has 0 bridgehead atoms. The molecule has 1 aromatic heterocycles. The molecule has 22 heavy (non-hydrogen) atoms. The maximum Gasteiger partial charge on any atom is 0.118 e. The number of hydrogen-bond acceptors (Lipinski definition) is 3. The van der Waals surface area contributed by atoms with E-state index in [2.05, 4.69) is 50.9 Å². The van der Waals surface area contributed by atoms with Crippen molar-refractivity contribution >= 4 is 15.9 Å². The van der Waals surface area contributed by atoms with Gasteiger partial charge in [0.05, 0.1) is 18.8 Å². The smallest absolute Gasteiger partial charge is 0.118 e. The van der Waals surface area contributed by atoms with Gasteiger partial charge >= 0.3 is 0 Å². The van der Waals surface area contributed by atoms with Gasteiger partial charge in [-0.3, -0.25) is 9.88 Å². The minimum Gasteiger partial charge on any atom is -0.497 e. The lowest BCUT2D eigenvalue weighted by atomic mass is 10.0. The summed E-state index contributed by atoms with van der Waals surface area (Å²) in [5.74, 6) is 0.905. The van der Waals surface area contributed by atoms with Gasteiger partial charge in [0.25, 0.3) is 0 Å². The quantitative estimate of drug-likeness (QED) is 0.786. The Kier molecular flexibility index (Phi) is 4.79. The third kappa shape index (κ3) is 3.18. The van der Waals surface area contributed by atoms with E-state index in [1.165, 1.54) is 18.4 Å². The second-order valence-corrected chi connectivity index (χ2v) is 6.66. The van der Waals surface area contributed by atoms with Crippen molar-refractivity contribution in [3.8, 4) is 5.75 Å². The molecule has 0 radical (unpaired) electrons. The molecule has 2 atom stereocenters. The van der Waals surface area contributed by atoms with Crippen molar-refractivity contribution in [1.82, 2.24) is 9.88 Å². The van der Waals surface area contributed by atoms with Crippen LogP contribution in [-0.4, -0.2) is 23.5 Å². The lowest BCUT2D eigenvalue weighted by molar-refractivity contribution is 0.191. The average molecular weight is 361 g/mol. The summed E-state index contributed by atoms with van der Waals surface area (Å²) in [6, 6.07) is 13.3. The van der Waals surface area contributed by atoms with E-state index in [-0.39, 0.29) is 0 Å². The van der Waals surface area contributed by atoms with E-state index in [4.69, 9.17) is 4.74 Å². The van der Waals surface area contributed by atoms with Crippen LogP contribution in [0.1, 0.15) is 43.1 Å². The highest BCUT2D eigenvalue weighted by atomic mass is 79.9. The van der Waals surface area contributed by atoms with Gasteiger partial charge < -0.3 is 4.74 Å². The van der Waals surface area contributed by atoms with Crippen molar-refractivity contribution in [1.29, 1.82) is 0 Å². The molecule has 1 saturated heterocycles. The van der Waals surface area contributed by atoms with Crippen LogP contribution in [0.15, 0.2) is 47.1 Å². The maximum absolute atomic E-state index is 5.25. The molecule has 0 spiro atoms. The van der Waals surface area contributed by atoms with E-state index >= 15 is 0 Å². The van der Waals surface area contributed by atoms with Crippen LogP contribution in [0.5, 0.6) is 5.75 Å². The van der Waals surface area contributed by atoms with Gasteiger partial charge in [-0.1, -0.05) is 28.1 Å². The zero-order valence-corrected chi connectivity index (χ0v) is 14.6. The van der Waals surface area contributed by atoms with Crippen molar-refractivity contribution in [2.75, 3.05) is 13.7 Å². The molecule has 0 saturated carbocycles. The summed E-state index contributed by atoms with van der Waals surface area (Å²) in [5.41, 5.74) is 2.48. The van der Waals surface area contributed by atoms with E-state index in [0.717, 1.165) is 22.5 Å². The molecule has 116 valence electrons. The Morgan fingerprint density at radius 3 is 2.73 bits per heavy atom.